The quantitative estimate of drug-likeness (QED) is 0.889. The van der Waals surface area contributed by atoms with Gasteiger partial charge in [0, 0.05) is 11.8 Å². The standard InChI is InChI=1S/C18H23FN2/c1-5-7-21-18(15-6-8-20-11-17(15)19)16-10-13(3)12(2)9-14(16)4/h6,8-11,18,21H,5,7H2,1-4H3. The Morgan fingerprint density at radius 3 is 2.48 bits per heavy atom. The van der Waals surface area contributed by atoms with E-state index in [9.17, 15) is 4.39 Å². The first-order valence-corrected chi connectivity index (χ1v) is 7.45. The number of rotatable bonds is 5. The molecule has 0 aliphatic heterocycles. The zero-order valence-corrected chi connectivity index (χ0v) is 13.2. The van der Waals surface area contributed by atoms with Crippen LogP contribution in [0.1, 0.15) is 47.2 Å². The highest BCUT2D eigenvalue weighted by atomic mass is 19.1. The van der Waals surface area contributed by atoms with Crippen LogP contribution in [0.5, 0.6) is 0 Å². The van der Waals surface area contributed by atoms with E-state index in [-0.39, 0.29) is 11.9 Å². The molecule has 1 atom stereocenters. The summed E-state index contributed by atoms with van der Waals surface area (Å²) in [5.41, 5.74) is 5.47. The molecule has 0 aliphatic carbocycles. The molecule has 0 spiro atoms. The molecule has 0 fully saturated rings. The summed E-state index contributed by atoms with van der Waals surface area (Å²) in [4.78, 5) is 3.85. The SMILES string of the molecule is CCCNC(c1cc(C)c(C)cc1C)c1ccncc1F. The Kier molecular flexibility index (Phi) is 5.07. The van der Waals surface area contributed by atoms with E-state index in [1.165, 1.54) is 22.9 Å². The number of halogens is 1. The van der Waals surface area contributed by atoms with E-state index < -0.39 is 0 Å². The van der Waals surface area contributed by atoms with Crippen molar-refractivity contribution < 1.29 is 4.39 Å². The number of nitrogens with one attached hydrogen (secondary N) is 1. The van der Waals surface area contributed by atoms with Gasteiger partial charge in [-0.15, -0.1) is 0 Å². The van der Waals surface area contributed by atoms with Gasteiger partial charge in [-0.25, -0.2) is 4.39 Å². The van der Waals surface area contributed by atoms with Crippen molar-refractivity contribution in [2.24, 2.45) is 0 Å². The molecule has 112 valence electrons. The first-order chi connectivity index (χ1) is 10.0. The number of hydrogen-bond acceptors (Lipinski definition) is 2. The van der Waals surface area contributed by atoms with Gasteiger partial charge in [-0.1, -0.05) is 19.1 Å². The molecule has 0 aliphatic rings. The van der Waals surface area contributed by atoms with Crippen LogP contribution in [0.25, 0.3) is 0 Å². The van der Waals surface area contributed by atoms with Crippen molar-refractivity contribution in [3.8, 4) is 0 Å². The molecular weight excluding hydrogens is 263 g/mol. The number of aromatic nitrogens is 1. The van der Waals surface area contributed by atoms with Gasteiger partial charge in [0.15, 0.2) is 0 Å². The van der Waals surface area contributed by atoms with Gasteiger partial charge in [-0.2, -0.15) is 0 Å². The number of pyridine rings is 1. The Hall–Kier alpha value is -1.74. The number of hydrogen-bond donors (Lipinski definition) is 1. The zero-order chi connectivity index (χ0) is 15.4. The second-order valence-electron chi connectivity index (χ2n) is 5.58. The van der Waals surface area contributed by atoms with Crippen molar-refractivity contribution >= 4 is 0 Å². The third-order valence-corrected chi connectivity index (χ3v) is 3.91. The summed E-state index contributed by atoms with van der Waals surface area (Å²) in [6.45, 7) is 9.24. The minimum absolute atomic E-state index is 0.132. The summed E-state index contributed by atoms with van der Waals surface area (Å²) in [5, 5.41) is 3.46. The van der Waals surface area contributed by atoms with E-state index in [0.717, 1.165) is 18.5 Å². The van der Waals surface area contributed by atoms with Crippen LogP contribution < -0.4 is 5.32 Å². The predicted octanol–water partition coefficient (Wildman–Crippen LogP) is 4.23. The van der Waals surface area contributed by atoms with Crippen LogP contribution in [-0.2, 0) is 0 Å². The van der Waals surface area contributed by atoms with Crippen molar-refractivity contribution in [2.45, 2.75) is 40.2 Å². The molecule has 0 saturated heterocycles. The molecule has 0 radical (unpaired) electrons. The van der Waals surface area contributed by atoms with E-state index in [0.29, 0.717) is 5.56 Å². The monoisotopic (exact) mass is 286 g/mol. The summed E-state index contributed by atoms with van der Waals surface area (Å²) in [5.74, 6) is -0.260. The predicted molar refractivity (Wildman–Crippen MR) is 85.0 cm³/mol. The fourth-order valence-electron chi connectivity index (χ4n) is 2.59. The van der Waals surface area contributed by atoms with Gasteiger partial charge in [0.2, 0.25) is 0 Å². The topological polar surface area (TPSA) is 24.9 Å². The van der Waals surface area contributed by atoms with Crippen LogP contribution >= 0.6 is 0 Å². The molecular formula is C18H23FN2. The van der Waals surface area contributed by atoms with E-state index in [2.05, 4.69) is 50.1 Å². The first kappa shape index (κ1) is 15.6. The highest BCUT2D eigenvalue weighted by Crippen LogP contribution is 2.28. The van der Waals surface area contributed by atoms with Crippen molar-refractivity contribution in [2.75, 3.05) is 6.54 Å². The molecule has 1 N–H and O–H groups in total. The number of benzene rings is 1. The van der Waals surface area contributed by atoms with E-state index in [1.54, 1.807) is 12.3 Å². The van der Waals surface area contributed by atoms with Crippen LogP contribution in [0, 0.1) is 26.6 Å². The Balaban J connectivity index is 2.51. The summed E-state index contributed by atoms with van der Waals surface area (Å²) in [7, 11) is 0. The molecule has 3 heteroatoms. The zero-order valence-electron chi connectivity index (χ0n) is 13.2. The summed E-state index contributed by atoms with van der Waals surface area (Å²) in [6.07, 6.45) is 3.94. The number of aryl methyl sites for hydroxylation is 3. The maximum absolute atomic E-state index is 14.2. The summed E-state index contributed by atoms with van der Waals surface area (Å²) < 4.78 is 14.2. The van der Waals surface area contributed by atoms with Gasteiger partial charge >= 0.3 is 0 Å². The smallest absolute Gasteiger partial charge is 0.146 e. The average Bonchev–Trinajstić information content (AvgIpc) is 2.46. The summed E-state index contributed by atoms with van der Waals surface area (Å²) >= 11 is 0. The molecule has 0 saturated carbocycles. The third-order valence-electron chi connectivity index (χ3n) is 3.91. The van der Waals surface area contributed by atoms with E-state index in [4.69, 9.17) is 0 Å². The minimum atomic E-state index is -0.260. The molecule has 2 rings (SSSR count). The average molecular weight is 286 g/mol. The minimum Gasteiger partial charge on any atom is -0.306 e. The molecule has 21 heavy (non-hydrogen) atoms. The van der Waals surface area contributed by atoms with Crippen LogP contribution in [0.15, 0.2) is 30.6 Å². The van der Waals surface area contributed by atoms with E-state index >= 15 is 0 Å². The Labute approximate surface area is 126 Å². The van der Waals surface area contributed by atoms with Crippen LogP contribution in [0.4, 0.5) is 4.39 Å². The van der Waals surface area contributed by atoms with Gasteiger partial charge in [-0.3, -0.25) is 4.98 Å². The summed E-state index contributed by atoms with van der Waals surface area (Å²) in [6, 6.07) is 5.96. The molecule has 0 amide bonds. The van der Waals surface area contributed by atoms with E-state index in [1.807, 2.05) is 0 Å². The Morgan fingerprint density at radius 2 is 1.81 bits per heavy atom. The first-order valence-electron chi connectivity index (χ1n) is 7.45. The third kappa shape index (κ3) is 3.48. The van der Waals surface area contributed by atoms with Crippen LogP contribution in [0.2, 0.25) is 0 Å². The van der Waals surface area contributed by atoms with Gasteiger partial charge in [-0.05, 0) is 62.1 Å². The second kappa shape index (κ2) is 6.81. The van der Waals surface area contributed by atoms with Gasteiger partial charge in [0.25, 0.3) is 0 Å². The molecule has 1 heterocycles. The Morgan fingerprint density at radius 1 is 1.10 bits per heavy atom. The van der Waals surface area contributed by atoms with Crippen molar-refractivity contribution in [3.05, 3.63) is 64.2 Å². The normalized spacial score (nSPS) is 12.4. The fraction of sp³-hybridized carbons (Fsp3) is 0.389. The molecule has 0 bridgehead atoms. The maximum atomic E-state index is 14.2. The largest absolute Gasteiger partial charge is 0.306 e. The second-order valence-corrected chi connectivity index (χ2v) is 5.58. The lowest BCUT2D eigenvalue weighted by Gasteiger charge is -2.23. The molecule has 1 aromatic carbocycles. The van der Waals surface area contributed by atoms with Crippen molar-refractivity contribution in [1.29, 1.82) is 0 Å². The van der Waals surface area contributed by atoms with Gasteiger partial charge in [0.05, 0.1) is 12.2 Å². The highest BCUT2D eigenvalue weighted by molar-refractivity contribution is 5.42. The fourth-order valence-corrected chi connectivity index (χ4v) is 2.59. The lowest BCUT2D eigenvalue weighted by atomic mass is 9.91. The maximum Gasteiger partial charge on any atom is 0.146 e. The van der Waals surface area contributed by atoms with Crippen molar-refractivity contribution in [3.63, 3.8) is 0 Å². The van der Waals surface area contributed by atoms with Gasteiger partial charge in [0.1, 0.15) is 5.82 Å². The highest BCUT2D eigenvalue weighted by Gasteiger charge is 2.19. The number of nitrogens with zero attached hydrogens (tertiary/aromatic N) is 1. The molecule has 1 unspecified atom stereocenters. The molecule has 1 aromatic heterocycles. The van der Waals surface area contributed by atoms with Gasteiger partial charge < -0.3 is 5.32 Å². The molecule has 2 aromatic rings. The van der Waals surface area contributed by atoms with Crippen LogP contribution in [0.3, 0.4) is 0 Å². The Bertz CT molecular complexity index is 623. The van der Waals surface area contributed by atoms with Crippen molar-refractivity contribution in [1.82, 2.24) is 10.3 Å². The lowest BCUT2D eigenvalue weighted by molar-refractivity contribution is 0.541. The lowest BCUT2D eigenvalue weighted by Crippen LogP contribution is -2.25. The molecule has 2 nitrogen and oxygen atoms in total. The van der Waals surface area contributed by atoms with Crippen LogP contribution in [-0.4, -0.2) is 11.5 Å².